The molecule has 0 atom stereocenters. The van der Waals surface area contributed by atoms with Crippen molar-refractivity contribution in [3.63, 3.8) is 0 Å². The van der Waals surface area contributed by atoms with Gasteiger partial charge in [-0.3, -0.25) is 4.79 Å². The van der Waals surface area contributed by atoms with Gasteiger partial charge in [-0.05, 0) is 30.7 Å². The first-order chi connectivity index (χ1) is 12.1. The van der Waals surface area contributed by atoms with Crippen LogP contribution in [-0.2, 0) is 24.3 Å². The number of aryl methyl sites for hydroxylation is 1. The van der Waals surface area contributed by atoms with Gasteiger partial charge in [0, 0.05) is 18.2 Å². The molecule has 2 aromatic rings. The second kappa shape index (κ2) is 8.52. The maximum atomic E-state index is 11.9. The third-order valence-electron chi connectivity index (χ3n) is 4.17. The Hall–Kier alpha value is -1.82. The Bertz CT molecular complexity index is 695. The van der Waals surface area contributed by atoms with Crippen molar-refractivity contribution >= 4 is 17.7 Å². The molecule has 1 aliphatic rings. The first-order valence-electron chi connectivity index (χ1n) is 9.00. The van der Waals surface area contributed by atoms with Crippen molar-refractivity contribution in [2.75, 3.05) is 5.75 Å². The molecule has 1 heterocycles. The lowest BCUT2D eigenvalue weighted by Crippen LogP contribution is -2.26. The standard InChI is InChI=1S/C19H26N4OS/c1-14(2)13-23-17(12-20-18(24)16-8-9-16)21-22-19(23)25-11-10-15-6-4-3-5-7-15/h3-7,14,16H,8-13H2,1-2H3,(H,20,24). The van der Waals surface area contributed by atoms with Crippen LogP contribution >= 0.6 is 11.8 Å². The lowest BCUT2D eigenvalue weighted by molar-refractivity contribution is -0.122. The van der Waals surface area contributed by atoms with E-state index in [1.165, 1.54) is 5.56 Å². The first-order valence-corrected chi connectivity index (χ1v) is 9.98. The van der Waals surface area contributed by atoms with Gasteiger partial charge < -0.3 is 9.88 Å². The normalized spacial score (nSPS) is 14.0. The van der Waals surface area contributed by atoms with Crippen molar-refractivity contribution in [3.05, 3.63) is 41.7 Å². The zero-order valence-electron chi connectivity index (χ0n) is 14.9. The second-order valence-electron chi connectivity index (χ2n) is 6.98. The molecule has 1 aliphatic carbocycles. The highest BCUT2D eigenvalue weighted by Crippen LogP contribution is 2.29. The van der Waals surface area contributed by atoms with Crippen LogP contribution in [0.1, 0.15) is 38.1 Å². The minimum Gasteiger partial charge on any atom is -0.349 e. The Balaban J connectivity index is 1.60. The molecule has 25 heavy (non-hydrogen) atoms. The quantitative estimate of drug-likeness (QED) is 0.699. The molecule has 0 radical (unpaired) electrons. The summed E-state index contributed by atoms with van der Waals surface area (Å²) in [5.41, 5.74) is 1.34. The molecule has 1 saturated carbocycles. The molecular weight excluding hydrogens is 332 g/mol. The van der Waals surface area contributed by atoms with Crippen LogP contribution in [0.15, 0.2) is 35.5 Å². The molecule has 1 aromatic heterocycles. The molecule has 0 spiro atoms. The van der Waals surface area contributed by atoms with Gasteiger partial charge in [-0.2, -0.15) is 0 Å². The van der Waals surface area contributed by atoms with E-state index in [4.69, 9.17) is 0 Å². The summed E-state index contributed by atoms with van der Waals surface area (Å²) in [5.74, 6) is 2.69. The number of nitrogens with zero attached hydrogens (tertiary/aromatic N) is 3. The lowest BCUT2D eigenvalue weighted by Gasteiger charge is -2.13. The average molecular weight is 359 g/mol. The summed E-state index contributed by atoms with van der Waals surface area (Å²) in [6, 6.07) is 10.5. The summed E-state index contributed by atoms with van der Waals surface area (Å²) in [5, 5.41) is 12.6. The van der Waals surface area contributed by atoms with Crippen LogP contribution in [-0.4, -0.2) is 26.4 Å². The fourth-order valence-corrected chi connectivity index (χ4v) is 3.62. The largest absolute Gasteiger partial charge is 0.349 e. The minimum absolute atomic E-state index is 0.150. The number of nitrogens with one attached hydrogen (secondary N) is 1. The van der Waals surface area contributed by atoms with Crippen molar-refractivity contribution in [1.29, 1.82) is 0 Å². The molecule has 3 rings (SSSR count). The molecule has 0 bridgehead atoms. The molecule has 134 valence electrons. The lowest BCUT2D eigenvalue weighted by atomic mass is 10.2. The summed E-state index contributed by atoms with van der Waals surface area (Å²) < 4.78 is 2.16. The van der Waals surface area contributed by atoms with Gasteiger partial charge in [-0.1, -0.05) is 55.9 Å². The van der Waals surface area contributed by atoms with Crippen LogP contribution in [0, 0.1) is 11.8 Å². The maximum absolute atomic E-state index is 11.9. The minimum atomic E-state index is 0.150. The third-order valence-corrected chi connectivity index (χ3v) is 5.14. The SMILES string of the molecule is CC(C)Cn1c(CNC(=O)C2CC2)nnc1SCCc1ccccc1. The number of thioether (sulfide) groups is 1. The number of amides is 1. The molecule has 1 fully saturated rings. The Morgan fingerprint density at radius 2 is 2.04 bits per heavy atom. The van der Waals surface area contributed by atoms with Gasteiger partial charge in [0.2, 0.25) is 5.91 Å². The number of hydrogen-bond acceptors (Lipinski definition) is 4. The van der Waals surface area contributed by atoms with Crippen LogP contribution in [0.25, 0.3) is 0 Å². The van der Waals surface area contributed by atoms with Crippen molar-refractivity contribution in [3.8, 4) is 0 Å². The van der Waals surface area contributed by atoms with E-state index < -0.39 is 0 Å². The highest BCUT2D eigenvalue weighted by molar-refractivity contribution is 7.99. The number of hydrogen-bond donors (Lipinski definition) is 1. The molecular formula is C19H26N4OS. The summed E-state index contributed by atoms with van der Waals surface area (Å²) in [4.78, 5) is 11.9. The Morgan fingerprint density at radius 1 is 1.28 bits per heavy atom. The number of carbonyl (C=O) groups is 1. The first kappa shape index (κ1) is 18.0. The molecule has 0 saturated heterocycles. The molecule has 1 aromatic carbocycles. The topological polar surface area (TPSA) is 59.8 Å². The van der Waals surface area contributed by atoms with Gasteiger partial charge in [0.1, 0.15) is 0 Å². The van der Waals surface area contributed by atoms with Gasteiger partial charge in [0.05, 0.1) is 6.54 Å². The summed E-state index contributed by atoms with van der Waals surface area (Å²) in [6.45, 7) is 5.71. The smallest absolute Gasteiger partial charge is 0.223 e. The van der Waals surface area contributed by atoms with Crippen LogP contribution < -0.4 is 5.32 Å². The zero-order valence-corrected chi connectivity index (χ0v) is 15.8. The van der Waals surface area contributed by atoms with E-state index in [0.717, 1.165) is 42.5 Å². The van der Waals surface area contributed by atoms with Crippen molar-refractivity contribution in [1.82, 2.24) is 20.1 Å². The molecule has 0 unspecified atom stereocenters. The summed E-state index contributed by atoms with van der Waals surface area (Å²) in [7, 11) is 0. The molecule has 1 amide bonds. The predicted octanol–water partition coefficient (Wildman–Crippen LogP) is 3.30. The Morgan fingerprint density at radius 3 is 2.72 bits per heavy atom. The molecule has 6 heteroatoms. The van der Waals surface area contributed by atoms with E-state index in [1.54, 1.807) is 11.8 Å². The van der Waals surface area contributed by atoms with E-state index in [9.17, 15) is 4.79 Å². The maximum Gasteiger partial charge on any atom is 0.223 e. The van der Waals surface area contributed by atoms with Gasteiger partial charge in [-0.15, -0.1) is 10.2 Å². The number of rotatable bonds is 9. The monoisotopic (exact) mass is 358 g/mol. The van der Waals surface area contributed by atoms with Gasteiger partial charge >= 0.3 is 0 Å². The van der Waals surface area contributed by atoms with Crippen LogP contribution in [0.4, 0.5) is 0 Å². The number of benzene rings is 1. The van der Waals surface area contributed by atoms with Gasteiger partial charge in [-0.25, -0.2) is 0 Å². The average Bonchev–Trinajstić information content (AvgIpc) is 3.39. The van der Waals surface area contributed by atoms with E-state index in [2.05, 4.69) is 58.2 Å². The summed E-state index contributed by atoms with van der Waals surface area (Å²) >= 11 is 1.73. The highest BCUT2D eigenvalue weighted by Gasteiger charge is 2.29. The van der Waals surface area contributed by atoms with Crippen molar-refractivity contribution in [2.45, 2.75) is 51.4 Å². The number of aromatic nitrogens is 3. The fraction of sp³-hybridized carbons (Fsp3) is 0.526. The van der Waals surface area contributed by atoms with Crippen molar-refractivity contribution < 1.29 is 4.79 Å². The van der Waals surface area contributed by atoms with Gasteiger partial charge in [0.15, 0.2) is 11.0 Å². The second-order valence-corrected chi connectivity index (χ2v) is 8.04. The van der Waals surface area contributed by atoms with E-state index in [0.29, 0.717) is 12.5 Å². The van der Waals surface area contributed by atoms with Gasteiger partial charge in [0.25, 0.3) is 0 Å². The predicted molar refractivity (Wildman–Crippen MR) is 100 cm³/mol. The van der Waals surface area contributed by atoms with E-state index >= 15 is 0 Å². The highest BCUT2D eigenvalue weighted by atomic mass is 32.2. The van der Waals surface area contributed by atoms with Crippen LogP contribution in [0.3, 0.4) is 0 Å². The molecule has 1 N–H and O–H groups in total. The molecule has 0 aliphatic heterocycles. The zero-order chi connectivity index (χ0) is 17.6. The summed E-state index contributed by atoms with van der Waals surface area (Å²) in [6.07, 6.45) is 3.05. The van der Waals surface area contributed by atoms with E-state index in [-0.39, 0.29) is 11.8 Å². The molecule has 5 nitrogen and oxygen atoms in total. The van der Waals surface area contributed by atoms with Crippen LogP contribution in [0.5, 0.6) is 0 Å². The fourth-order valence-electron chi connectivity index (χ4n) is 2.67. The van der Waals surface area contributed by atoms with E-state index in [1.807, 2.05) is 6.07 Å². The number of carbonyl (C=O) groups excluding carboxylic acids is 1. The van der Waals surface area contributed by atoms with Crippen LogP contribution in [0.2, 0.25) is 0 Å². The third kappa shape index (κ3) is 5.33. The van der Waals surface area contributed by atoms with Crippen molar-refractivity contribution in [2.24, 2.45) is 11.8 Å². The Kier molecular flexibility index (Phi) is 6.13. The Labute approximate surface area is 153 Å².